The van der Waals surface area contributed by atoms with Crippen molar-refractivity contribution >= 4 is 68.2 Å². The van der Waals surface area contributed by atoms with Gasteiger partial charge in [-0.15, -0.1) is 0 Å². The minimum Gasteiger partial charge on any atom is -0.493 e. The molecule has 0 aliphatic carbocycles. The first-order valence-electron chi connectivity index (χ1n) is 15.9. The van der Waals surface area contributed by atoms with Crippen molar-refractivity contribution in [3.63, 3.8) is 0 Å². The molecule has 0 radical (unpaired) electrons. The van der Waals surface area contributed by atoms with Crippen LogP contribution in [0.5, 0.6) is 11.5 Å². The fourth-order valence-electron chi connectivity index (χ4n) is 5.72. The summed E-state index contributed by atoms with van der Waals surface area (Å²) in [7, 11) is 1.55. The van der Waals surface area contributed by atoms with Crippen LogP contribution in [0, 0.1) is 0 Å². The van der Waals surface area contributed by atoms with Crippen LogP contribution in [-0.2, 0) is 16.1 Å². The molecule has 256 valence electrons. The zero-order valence-electron chi connectivity index (χ0n) is 27.7. The van der Waals surface area contributed by atoms with Crippen molar-refractivity contribution in [3.8, 4) is 11.5 Å². The van der Waals surface area contributed by atoms with E-state index in [-0.39, 0.29) is 18.8 Å². The molecule has 0 N–H and O–H groups in total. The Morgan fingerprint density at radius 1 is 1.02 bits per heavy atom. The number of rotatable bonds is 10. The number of hydrogen-bond donors (Lipinski definition) is 0. The monoisotopic (exact) mass is 790 g/mol. The average Bonchev–Trinajstić information content (AvgIpc) is 3.42. The first kappa shape index (κ1) is 35.7. The second-order valence-corrected chi connectivity index (χ2v) is 14.5. The summed E-state index contributed by atoms with van der Waals surface area (Å²) >= 11 is 17.1. The van der Waals surface area contributed by atoms with E-state index in [1.807, 2.05) is 66.7 Å². The third-order valence-electron chi connectivity index (χ3n) is 8.21. The van der Waals surface area contributed by atoms with E-state index in [2.05, 4.69) is 29.8 Å². The van der Waals surface area contributed by atoms with Gasteiger partial charge in [-0.25, -0.2) is 9.79 Å². The maximum Gasteiger partial charge on any atom is 0.338 e. The van der Waals surface area contributed by atoms with Gasteiger partial charge in [0.15, 0.2) is 16.3 Å². The quantitative estimate of drug-likeness (QED) is 0.132. The number of aromatic nitrogens is 1. The summed E-state index contributed by atoms with van der Waals surface area (Å²) < 4.78 is 20.1. The molecule has 1 aliphatic heterocycles. The Bertz CT molecular complexity index is 2280. The lowest BCUT2D eigenvalue weighted by atomic mass is 9.91. The van der Waals surface area contributed by atoms with Crippen molar-refractivity contribution in [1.29, 1.82) is 0 Å². The van der Waals surface area contributed by atoms with E-state index < -0.39 is 12.0 Å². The second kappa shape index (κ2) is 15.4. The molecular weight excluding hydrogens is 759 g/mol. The van der Waals surface area contributed by atoms with Gasteiger partial charge in [0.05, 0.1) is 50.1 Å². The Labute approximate surface area is 312 Å². The number of thiazole rings is 1. The fraction of sp³-hybridized carbons (Fsp3) is 0.205. The van der Waals surface area contributed by atoms with E-state index in [9.17, 15) is 9.59 Å². The Kier molecular flexibility index (Phi) is 11.0. The van der Waals surface area contributed by atoms with Crippen molar-refractivity contribution in [2.24, 2.45) is 4.99 Å². The summed E-state index contributed by atoms with van der Waals surface area (Å²) in [6.07, 6.45) is 1.79. The summed E-state index contributed by atoms with van der Waals surface area (Å²) in [5, 5.41) is 0.906. The molecule has 0 bridgehead atoms. The Hall–Kier alpha value is -4.15. The molecular formula is C39H33BrCl2N2O5S. The lowest BCUT2D eigenvalue weighted by molar-refractivity contribution is -0.138. The SMILES string of the molecule is CCOC(=O)C1=C(c2ccccc2)N=c2s/c(=C\c3cc(Br)c(OCc4ccc(Cl)c(Cl)c4)c(OC)c3)c(=O)n2[C@@H]1c1ccc(C(C)C)cc1. The molecule has 6 rings (SSSR count). The highest BCUT2D eigenvalue weighted by molar-refractivity contribution is 9.10. The minimum atomic E-state index is -0.762. The van der Waals surface area contributed by atoms with Crippen LogP contribution in [0.4, 0.5) is 0 Å². The standard InChI is InChI=1S/C39H33BrCl2N2O5S/c1-5-48-38(46)33-34(26-9-7-6-8-10-26)43-39-44(35(33)27-14-12-25(13-15-27)22(2)3)37(45)32(50-39)20-24-17-28(40)36(31(19-24)47-4)49-21-23-11-16-29(41)30(42)18-23/h6-20,22,35H,5,21H2,1-4H3/b32-20-/t35-/m1/s1. The van der Waals surface area contributed by atoms with Gasteiger partial charge in [0.1, 0.15) is 6.61 Å². The maximum absolute atomic E-state index is 14.4. The van der Waals surface area contributed by atoms with Crippen molar-refractivity contribution in [1.82, 2.24) is 4.57 Å². The molecule has 1 atom stereocenters. The van der Waals surface area contributed by atoms with E-state index in [1.54, 1.807) is 42.9 Å². The number of esters is 1. The van der Waals surface area contributed by atoms with Crippen LogP contribution in [0.15, 0.2) is 105 Å². The largest absolute Gasteiger partial charge is 0.493 e. The van der Waals surface area contributed by atoms with Gasteiger partial charge in [-0.2, -0.15) is 0 Å². The topological polar surface area (TPSA) is 79.1 Å². The zero-order valence-corrected chi connectivity index (χ0v) is 31.6. The molecule has 0 amide bonds. The molecule has 0 saturated carbocycles. The summed E-state index contributed by atoms with van der Waals surface area (Å²) in [6, 6.07) is 25.7. The number of methoxy groups -OCH3 is 1. The highest BCUT2D eigenvalue weighted by atomic mass is 79.9. The van der Waals surface area contributed by atoms with Crippen LogP contribution in [0.1, 0.15) is 60.5 Å². The Morgan fingerprint density at radius 3 is 2.42 bits per heavy atom. The number of nitrogens with zero attached hydrogens (tertiary/aromatic N) is 2. The lowest BCUT2D eigenvalue weighted by Gasteiger charge is -2.26. The number of benzene rings is 4. The van der Waals surface area contributed by atoms with E-state index >= 15 is 0 Å². The number of ether oxygens (including phenoxy) is 3. The molecule has 7 nitrogen and oxygen atoms in total. The summed E-state index contributed by atoms with van der Waals surface area (Å²) in [5.74, 6) is 0.758. The van der Waals surface area contributed by atoms with Crippen molar-refractivity contribution in [2.45, 2.75) is 39.3 Å². The third-order valence-corrected chi connectivity index (χ3v) is 10.5. The maximum atomic E-state index is 14.4. The third kappa shape index (κ3) is 7.32. The summed E-state index contributed by atoms with van der Waals surface area (Å²) in [5.41, 5.74) is 4.72. The number of carbonyl (C=O) groups is 1. The molecule has 0 unspecified atom stereocenters. The van der Waals surface area contributed by atoms with Gasteiger partial charge in [0.25, 0.3) is 5.56 Å². The molecule has 0 spiro atoms. The number of halogens is 3. The van der Waals surface area contributed by atoms with Gasteiger partial charge >= 0.3 is 5.97 Å². The van der Waals surface area contributed by atoms with Gasteiger partial charge in [-0.3, -0.25) is 9.36 Å². The number of carbonyl (C=O) groups excluding carboxylic acids is 1. The molecule has 4 aromatic carbocycles. The Morgan fingerprint density at radius 2 is 1.76 bits per heavy atom. The van der Waals surface area contributed by atoms with Crippen LogP contribution in [0.25, 0.3) is 11.8 Å². The first-order chi connectivity index (χ1) is 24.1. The minimum absolute atomic E-state index is 0.178. The van der Waals surface area contributed by atoms with Crippen molar-refractivity contribution in [3.05, 3.63) is 153 Å². The van der Waals surface area contributed by atoms with E-state index in [0.29, 0.717) is 58.1 Å². The van der Waals surface area contributed by atoms with Crippen molar-refractivity contribution < 1.29 is 19.0 Å². The van der Waals surface area contributed by atoms with Crippen LogP contribution < -0.4 is 24.4 Å². The number of fused-ring (bicyclic) bond motifs is 1. The van der Waals surface area contributed by atoms with Crippen molar-refractivity contribution in [2.75, 3.05) is 13.7 Å². The normalized spacial score (nSPS) is 14.4. The van der Waals surface area contributed by atoms with Crippen LogP contribution in [0.3, 0.4) is 0 Å². The molecule has 5 aromatic rings. The molecule has 11 heteroatoms. The summed E-state index contributed by atoms with van der Waals surface area (Å²) in [4.78, 5) is 33.6. The molecule has 50 heavy (non-hydrogen) atoms. The molecule has 0 fully saturated rings. The smallest absolute Gasteiger partial charge is 0.338 e. The average molecular weight is 793 g/mol. The van der Waals surface area contributed by atoms with Crippen LogP contribution in [0.2, 0.25) is 10.0 Å². The van der Waals surface area contributed by atoms with Crippen LogP contribution >= 0.6 is 50.5 Å². The Balaban J connectivity index is 1.48. The van der Waals surface area contributed by atoms with Crippen LogP contribution in [-0.4, -0.2) is 24.3 Å². The summed E-state index contributed by atoms with van der Waals surface area (Å²) in [6.45, 7) is 6.42. The first-order valence-corrected chi connectivity index (χ1v) is 18.3. The van der Waals surface area contributed by atoms with Gasteiger partial charge in [-0.1, -0.05) is 109 Å². The van der Waals surface area contributed by atoms with E-state index in [4.69, 9.17) is 42.4 Å². The zero-order chi connectivity index (χ0) is 35.5. The highest BCUT2D eigenvalue weighted by Crippen LogP contribution is 2.38. The van der Waals surface area contributed by atoms with Gasteiger partial charge in [0.2, 0.25) is 0 Å². The van der Waals surface area contributed by atoms with E-state index in [1.165, 1.54) is 11.3 Å². The molecule has 2 heterocycles. The lowest BCUT2D eigenvalue weighted by Crippen LogP contribution is -2.40. The molecule has 1 aromatic heterocycles. The van der Waals surface area contributed by atoms with Gasteiger partial charge in [0, 0.05) is 5.56 Å². The number of hydrogen-bond acceptors (Lipinski definition) is 7. The van der Waals surface area contributed by atoms with Gasteiger partial charge in [-0.05, 0) is 81.4 Å². The predicted octanol–water partition coefficient (Wildman–Crippen LogP) is 8.72. The van der Waals surface area contributed by atoms with E-state index in [0.717, 1.165) is 22.3 Å². The predicted molar refractivity (Wildman–Crippen MR) is 203 cm³/mol. The molecule has 1 aliphatic rings. The second-order valence-electron chi connectivity index (χ2n) is 11.8. The highest BCUT2D eigenvalue weighted by Gasteiger charge is 2.35. The molecule has 0 saturated heterocycles. The fourth-order valence-corrected chi connectivity index (χ4v) is 7.61. The van der Waals surface area contributed by atoms with Gasteiger partial charge < -0.3 is 14.2 Å².